The Morgan fingerprint density at radius 1 is 1.33 bits per heavy atom. The Bertz CT molecular complexity index is 684. The van der Waals surface area contributed by atoms with Crippen molar-refractivity contribution in [3.63, 3.8) is 0 Å². The molecule has 92 valence electrons. The molecule has 3 nitrogen and oxygen atoms in total. The Labute approximate surface area is 114 Å². The van der Waals surface area contributed by atoms with Crippen molar-refractivity contribution in [1.29, 1.82) is 0 Å². The highest BCUT2D eigenvalue weighted by atomic mass is 32.2. The highest BCUT2D eigenvalue weighted by Gasteiger charge is 2.05. The van der Waals surface area contributed by atoms with E-state index in [1.807, 2.05) is 19.2 Å². The Hall–Kier alpha value is -1.33. The number of hydrogen-bond acceptors (Lipinski definition) is 4. The summed E-state index contributed by atoms with van der Waals surface area (Å²) >= 11 is 3.44. The number of hydrogen-bond donors (Lipinski definition) is 0. The zero-order chi connectivity index (χ0) is 12.5. The fraction of sp³-hybridized carbons (Fsp3) is 0.231. The van der Waals surface area contributed by atoms with Crippen molar-refractivity contribution >= 4 is 28.7 Å². The van der Waals surface area contributed by atoms with Gasteiger partial charge in [0.15, 0.2) is 0 Å². The minimum Gasteiger partial charge on any atom is -0.307 e. The number of fused-ring (bicyclic) bond motifs is 1. The van der Waals surface area contributed by atoms with Gasteiger partial charge in [0.2, 0.25) is 0 Å². The van der Waals surface area contributed by atoms with Gasteiger partial charge in [0.05, 0.1) is 5.69 Å². The molecule has 0 aliphatic heterocycles. The number of nitrogens with zero attached hydrogens (tertiary/aromatic N) is 3. The average molecular weight is 275 g/mol. The van der Waals surface area contributed by atoms with Crippen LogP contribution in [0.4, 0.5) is 0 Å². The molecule has 3 rings (SSSR count). The first-order valence-electron chi connectivity index (χ1n) is 5.70. The number of aryl methyl sites for hydroxylation is 2. The quantitative estimate of drug-likeness (QED) is 0.683. The molecule has 0 aromatic carbocycles. The first-order chi connectivity index (χ1) is 8.72. The van der Waals surface area contributed by atoms with E-state index in [9.17, 15) is 0 Å². The van der Waals surface area contributed by atoms with Crippen molar-refractivity contribution in [2.75, 3.05) is 0 Å². The SMILES string of the molecule is Cc1csc(SCc2cn3cccc(C)c3n2)n1. The molecular formula is C13H13N3S2. The smallest absolute Gasteiger partial charge is 0.150 e. The van der Waals surface area contributed by atoms with Gasteiger partial charge in [-0.15, -0.1) is 11.3 Å². The monoisotopic (exact) mass is 275 g/mol. The van der Waals surface area contributed by atoms with Crippen LogP contribution in [0.2, 0.25) is 0 Å². The molecule has 0 amide bonds. The van der Waals surface area contributed by atoms with Gasteiger partial charge >= 0.3 is 0 Å². The zero-order valence-corrected chi connectivity index (χ0v) is 11.9. The number of rotatable bonds is 3. The van der Waals surface area contributed by atoms with E-state index in [4.69, 9.17) is 0 Å². The van der Waals surface area contributed by atoms with Gasteiger partial charge in [0, 0.05) is 29.2 Å². The normalized spacial score (nSPS) is 11.2. The molecule has 0 atom stereocenters. The fourth-order valence-electron chi connectivity index (χ4n) is 1.81. The van der Waals surface area contributed by atoms with Crippen molar-refractivity contribution < 1.29 is 0 Å². The molecule has 0 N–H and O–H groups in total. The third-order valence-electron chi connectivity index (χ3n) is 2.67. The van der Waals surface area contributed by atoms with Gasteiger partial charge < -0.3 is 4.40 Å². The second-order valence-electron chi connectivity index (χ2n) is 4.20. The fourth-order valence-corrected chi connectivity index (χ4v) is 3.54. The Morgan fingerprint density at radius 2 is 2.22 bits per heavy atom. The summed E-state index contributed by atoms with van der Waals surface area (Å²) < 4.78 is 3.19. The van der Waals surface area contributed by atoms with Crippen LogP contribution < -0.4 is 0 Å². The lowest BCUT2D eigenvalue weighted by Crippen LogP contribution is -1.84. The van der Waals surface area contributed by atoms with Gasteiger partial charge in [-0.1, -0.05) is 17.8 Å². The van der Waals surface area contributed by atoms with Gasteiger partial charge in [-0.05, 0) is 25.5 Å². The molecule has 0 bridgehead atoms. The lowest BCUT2D eigenvalue weighted by molar-refractivity contribution is 1.15. The summed E-state index contributed by atoms with van der Waals surface area (Å²) in [4.78, 5) is 9.10. The Morgan fingerprint density at radius 3 is 2.94 bits per heavy atom. The van der Waals surface area contributed by atoms with Crippen molar-refractivity contribution in [2.45, 2.75) is 23.9 Å². The molecule has 0 saturated heterocycles. The first-order valence-corrected chi connectivity index (χ1v) is 7.57. The molecule has 0 fully saturated rings. The van der Waals surface area contributed by atoms with Crippen LogP contribution in [-0.4, -0.2) is 14.4 Å². The Kier molecular flexibility index (Phi) is 3.09. The third kappa shape index (κ3) is 2.28. The molecular weight excluding hydrogens is 262 g/mol. The number of imidazole rings is 1. The molecule has 0 aliphatic carbocycles. The van der Waals surface area contributed by atoms with Crippen LogP contribution in [0, 0.1) is 13.8 Å². The zero-order valence-electron chi connectivity index (χ0n) is 10.3. The van der Waals surface area contributed by atoms with Crippen LogP contribution in [0.5, 0.6) is 0 Å². The maximum atomic E-state index is 4.65. The third-order valence-corrected chi connectivity index (χ3v) is 4.84. The van der Waals surface area contributed by atoms with Crippen LogP contribution in [0.25, 0.3) is 5.65 Å². The highest BCUT2D eigenvalue weighted by molar-refractivity contribution is 8.00. The second kappa shape index (κ2) is 4.74. The number of aromatic nitrogens is 3. The summed E-state index contributed by atoms with van der Waals surface area (Å²) in [6.45, 7) is 4.11. The maximum Gasteiger partial charge on any atom is 0.150 e. The molecule has 3 heterocycles. The molecule has 0 aliphatic rings. The van der Waals surface area contributed by atoms with Crippen LogP contribution in [-0.2, 0) is 5.75 Å². The molecule has 5 heteroatoms. The number of thiazole rings is 1. The topological polar surface area (TPSA) is 30.2 Å². The van der Waals surface area contributed by atoms with E-state index in [2.05, 4.69) is 38.9 Å². The molecule has 3 aromatic rings. The summed E-state index contributed by atoms with van der Waals surface area (Å²) in [5.74, 6) is 0.869. The van der Waals surface area contributed by atoms with Crippen LogP contribution >= 0.6 is 23.1 Å². The van der Waals surface area contributed by atoms with E-state index in [1.54, 1.807) is 23.1 Å². The van der Waals surface area contributed by atoms with Crippen LogP contribution in [0.15, 0.2) is 34.2 Å². The van der Waals surface area contributed by atoms with E-state index in [1.165, 1.54) is 5.56 Å². The van der Waals surface area contributed by atoms with Gasteiger partial charge in [-0.25, -0.2) is 9.97 Å². The van der Waals surface area contributed by atoms with Crippen LogP contribution in [0.3, 0.4) is 0 Å². The van der Waals surface area contributed by atoms with E-state index < -0.39 is 0 Å². The summed E-state index contributed by atoms with van der Waals surface area (Å²) in [6, 6.07) is 4.13. The predicted molar refractivity (Wildman–Crippen MR) is 76.3 cm³/mol. The van der Waals surface area contributed by atoms with Gasteiger partial charge in [-0.2, -0.15) is 0 Å². The molecule has 0 spiro atoms. The molecule has 0 saturated carbocycles. The molecule has 0 radical (unpaired) electrons. The second-order valence-corrected chi connectivity index (χ2v) is 6.28. The van der Waals surface area contributed by atoms with Crippen molar-refractivity contribution in [3.8, 4) is 0 Å². The summed E-state index contributed by atoms with van der Waals surface area (Å²) in [7, 11) is 0. The summed E-state index contributed by atoms with van der Waals surface area (Å²) in [5, 5.41) is 2.08. The minimum absolute atomic E-state index is 0.869. The first kappa shape index (κ1) is 11.7. The molecule has 0 unspecified atom stereocenters. The van der Waals surface area contributed by atoms with Crippen LogP contribution in [0.1, 0.15) is 17.0 Å². The van der Waals surface area contributed by atoms with Gasteiger partial charge in [-0.3, -0.25) is 0 Å². The van der Waals surface area contributed by atoms with Crippen molar-refractivity contribution in [1.82, 2.24) is 14.4 Å². The summed E-state index contributed by atoms with van der Waals surface area (Å²) in [6.07, 6.45) is 4.13. The predicted octanol–water partition coefficient (Wildman–Crippen LogP) is 3.70. The van der Waals surface area contributed by atoms with E-state index in [-0.39, 0.29) is 0 Å². The number of thioether (sulfide) groups is 1. The Balaban J connectivity index is 1.81. The number of pyridine rings is 1. The summed E-state index contributed by atoms with van der Waals surface area (Å²) in [5.41, 5.74) is 4.44. The van der Waals surface area contributed by atoms with E-state index >= 15 is 0 Å². The standard InChI is InChI=1S/C13H13N3S2/c1-9-4-3-5-16-6-11(15-12(9)16)8-18-13-14-10(2)7-17-13/h3-7H,8H2,1-2H3. The largest absolute Gasteiger partial charge is 0.307 e. The molecule has 3 aromatic heterocycles. The van der Waals surface area contributed by atoms with Crippen molar-refractivity contribution in [2.24, 2.45) is 0 Å². The maximum absolute atomic E-state index is 4.65. The van der Waals surface area contributed by atoms with E-state index in [0.29, 0.717) is 0 Å². The van der Waals surface area contributed by atoms with Gasteiger partial charge in [0.1, 0.15) is 9.99 Å². The van der Waals surface area contributed by atoms with E-state index in [0.717, 1.165) is 27.1 Å². The average Bonchev–Trinajstić information content (AvgIpc) is 2.93. The van der Waals surface area contributed by atoms with Crippen molar-refractivity contribution in [3.05, 3.63) is 46.9 Å². The lowest BCUT2D eigenvalue weighted by atomic mass is 10.3. The molecule has 18 heavy (non-hydrogen) atoms. The highest BCUT2D eigenvalue weighted by Crippen LogP contribution is 2.26. The van der Waals surface area contributed by atoms with Gasteiger partial charge in [0.25, 0.3) is 0 Å². The minimum atomic E-state index is 0.869. The lowest BCUT2D eigenvalue weighted by Gasteiger charge is -1.94.